The Balaban J connectivity index is 1.45. The first-order chi connectivity index (χ1) is 16.2. The molecular weight excluding hydrogens is 404 g/mol. The van der Waals surface area contributed by atoms with Crippen LogP contribution in [0.4, 0.5) is 0 Å². The molecule has 33 heavy (non-hydrogen) atoms. The lowest BCUT2D eigenvalue weighted by molar-refractivity contribution is -0.123. The Hall–Kier alpha value is -2.09. The number of ether oxygens (including phenoxy) is 1. The van der Waals surface area contributed by atoms with E-state index in [0.717, 1.165) is 31.6 Å². The van der Waals surface area contributed by atoms with Crippen LogP contribution in [-0.2, 0) is 4.79 Å². The van der Waals surface area contributed by atoms with Gasteiger partial charge in [0.2, 0.25) is 0 Å². The van der Waals surface area contributed by atoms with Crippen LogP contribution in [-0.4, -0.2) is 12.4 Å². The summed E-state index contributed by atoms with van der Waals surface area (Å²) in [6.07, 6.45) is 15.7. The molecule has 180 valence electrons. The fraction of sp³-hybridized carbons (Fsp3) is 0.581. The SMILES string of the molecule is CCCCCCCCOc1ccc(-c2ccc(C3CCC(CCCCC)CC3=O)cc2)cc1. The predicted molar refractivity (Wildman–Crippen MR) is 140 cm³/mol. The zero-order chi connectivity index (χ0) is 23.3. The van der Waals surface area contributed by atoms with Gasteiger partial charge >= 0.3 is 0 Å². The van der Waals surface area contributed by atoms with Gasteiger partial charge in [-0.25, -0.2) is 0 Å². The molecule has 0 aromatic heterocycles. The number of hydrogen-bond acceptors (Lipinski definition) is 2. The number of benzene rings is 2. The van der Waals surface area contributed by atoms with Crippen molar-refractivity contribution in [3.05, 3.63) is 54.1 Å². The minimum absolute atomic E-state index is 0.0965. The molecule has 0 amide bonds. The molecule has 1 saturated carbocycles. The van der Waals surface area contributed by atoms with Gasteiger partial charge in [-0.15, -0.1) is 0 Å². The van der Waals surface area contributed by atoms with Gasteiger partial charge in [0, 0.05) is 12.3 Å². The second kappa shape index (κ2) is 14.2. The van der Waals surface area contributed by atoms with E-state index in [1.807, 2.05) is 0 Å². The Bertz CT molecular complexity index is 806. The molecule has 0 N–H and O–H groups in total. The number of carbonyl (C=O) groups is 1. The van der Waals surface area contributed by atoms with Crippen LogP contribution in [0, 0.1) is 5.92 Å². The molecule has 0 spiro atoms. The number of carbonyl (C=O) groups excluding carboxylic acids is 1. The fourth-order valence-electron chi connectivity index (χ4n) is 5.10. The number of rotatable bonds is 14. The van der Waals surface area contributed by atoms with Crippen LogP contribution in [0.5, 0.6) is 5.75 Å². The molecule has 0 radical (unpaired) electrons. The Labute approximate surface area is 202 Å². The molecular formula is C31H44O2. The maximum absolute atomic E-state index is 12.8. The highest BCUT2D eigenvalue weighted by molar-refractivity contribution is 5.86. The van der Waals surface area contributed by atoms with Gasteiger partial charge in [-0.3, -0.25) is 4.79 Å². The van der Waals surface area contributed by atoms with Gasteiger partial charge < -0.3 is 4.74 Å². The van der Waals surface area contributed by atoms with Crippen molar-refractivity contribution in [1.29, 1.82) is 0 Å². The van der Waals surface area contributed by atoms with Crippen LogP contribution >= 0.6 is 0 Å². The third kappa shape index (κ3) is 8.32. The molecule has 2 heteroatoms. The third-order valence-electron chi connectivity index (χ3n) is 7.23. The molecule has 0 saturated heterocycles. The zero-order valence-electron chi connectivity index (χ0n) is 21.0. The second-order valence-corrected chi connectivity index (χ2v) is 9.92. The maximum atomic E-state index is 12.8. The van der Waals surface area contributed by atoms with Crippen LogP contribution in [0.2, 0.25) is 0 Å². The summed E-state index contributed by atoms with van der Waals surface area (Å²) in [6, 6.07) is 17.1. The van der Waals surface area contributed by atoms with Gasteiger partial charge in [-0.2, -0.15) is 0 Å². The molecule has 2 aromatic carbocycles. The second-order valence-electron chi connectivity index (χ2n) is 9.92. The topological polar surface area (TPSA) is 26.3 Å². The summed E-state index contributed by atoms with van der Waals surface area (Å²) in [4.78, 5) is 12.8. The lowest BCUT2D eigenvalue weighted by Gasteiger charge is -2.27. The highest BCUT2D eigenvalue weighted by Gasteiger charge is 2.29. The van der Waals surface area contributed by atoms with Gasteiger partial charge in [0.25, 0.3) is 0 Å². The van der Waals surface area contributed by atoms with Gasteiger partial charge in [0.05, 0.1) is 6.61 Å². The minimum Gasteiger partial charge on any atom is -0.494 e. The molecule has 0 heterocycles. The molecule has 1 fully saturated rings. The van der Waals surface area contributed by atoms with Gasteiger partial charge in [0.15, 0.2) is 0 Å². The van der Waals surface area contributed by atoms with E-state index in [1.54, 1.807) is 0 Å². The van der Waals surface area contributed by atoms with E-state index in [1.165, 1.54) is 80.9 Å². The third-order valence-corrected chi connectivity index (χ3v) is 7.23. The molecule has 2 unspecified atom stereocenters. The summed E-state index contributed by atoms with van der Waals surface area (Å²) in [5.74, 6) is 2.10. The number of unbranched alkanes of at least 4 members (excludes halogenated alkanes) is 7. The van der Waals surface area contributed by atoms with Crippen LogP contribution in [0.1, 0.15) is 109 Å². The van der Waals surface area contributed by atoms with Crippen molar-refractivity contribution in [2.45, 2.75) is 103 Å². The fourth-order valence-corrected chi connectivity index (χ4v) is 5.10. The van der Waals surface area contributed by atoms with E-state index in [2.05, 4.69) is 62.4 Å². The monoisotopic (exact) mass is 448 g/mol. The molecule has 2 nitrogen and oxygen atoms in total. The van der Waals surface area contributed by atoms with Crippen molar-refractivity contribution in [2.75, 3.05) is 6.61 Å². The molecule has 0 aliphatic heterocycles. The minimum atomic E-state index is 0.0965. The summed E-state index contributed by atoms with van der Waals surface area (Å²) in [5.41, 5.74) is 3.58. The molecule has 2 atom stereocenters. The Kier molecular flexibility index (Phi) is 11.0. The zero-order valence-corrected chi connectivity index (χ0v) is 21.0. The van der Waals surface area contributed by atoms with Crippen molar-refractivity contribution in [2.24, 2.45) is 5.92 Å². The summed E-state index contributed by atoms with van der Waals surface area (Å²) in [6.45, 7) is 5.29. The molecule has 1 aliphatic carbocycles. The standard InChI is InChI=1S/C31H44O2/c1-3-5-7-8-9-11-23-33-29-20-18-27(19-21-29)26-14-16-28(17-15-26)30-22-13-25(24-31(30)32)12-10-6-4-2/h14-21,25,30H,3-13,22-24H2,1-2H3. The van der Waals surface area contributed by atoms with E-state index in [9.17, 15) is 4.79 Å². The van der Waals surface area contributed by atoms with E-state index in [0.29, 0.717) is 11.7 Å². The quantitative estimate of drug-likeness (QED) is 0.269. The van der Waals surface area contributed by atoms with Crippen LogP contribution in [0.25, 0.3) is 11.1 Å². The van der Waals surface area contributed by atoms with Gasteiger partial charge in [-0.05, 0) is 54.0 Å². The normalized spacial score (nSPS) is 18.4. The molecule has 3 rings (SSSR count). The molecule has 1 aliphatic rings. The number of hydrogen-bond donors (Lipinski definition) is 0. The first-order valence-electron chi connectivity index (χ1n) is 13.6. The van der Waals surface area contributed by atoms with E-state index >= 15 is 0 Å². The van der Waals surface area contributed by atoms with E-state index in [4.69, 9.17) is 4.74 Å². The lowest BCUT2D eigenvalue weighted by Crippen LogP contribution is -2.23. The Morgan fingerprint density at radius 1 is 0.727 bits per heavy atom. The maximum Gasteiger partial charge on any atom is 0.140 e. The molecule has 2 aromatic rings. The highest BCUT2D eigenvalue weighted by Crippen LogP contribution is 2.36. The smallest absolute Gasteiger partial charge is 0.140 e. The van der Waals surface area contributed by atoms with E-state index in [-0.39, 0.29) is 5.92 Å². The lowest BCUT2D eigenvalue weighted by atomic mass is 9.76. The first-order valence-corrected chi connectivity index (χ1v) is 13.6. The van der Waals surface area contributed by atoms with Crippen molar-refractivity contribution < 1.29 is 9.53 Å². The average molecular weight is 449 g/mol. The summed E-state index contributed by atoms with van der Waals surface area (Å²) in [7, 11) is 0. The van der Waals surface area contributed by atoms with Crippen molar-refractivity contribution in [3.8, 4) is 16.9 Å². The van der Waals surface area contributed by atoms with Crippen molar-refractivity contribution in [3.63, 3.8) is 0 Å². The van der Waals surface area contributed by atoms with Gasteiger partial charge in [-0.1, -0.05) is 108 Å². The Morgan fingerprint density at radius 3 is 2.00 bits per heavy atom. The van der Waals surface area contributed by atoms with Crippen LogP contribution < -0.4 is 4.74 Å². The highest BCUT2D eigenvalue weighted by atomic mass is 16.5. The first kappa shape index (κ1) is 25.5. The number of ketones is 1. The van der Waals surface area contributed by atoms with E-state index < -0.39 is 0 Å². The van der Waals surface area contributed by atoms with Crippen LogP contribution in [0.3, 0.4) is 0 Å². The van der Waals surface area contributed by atoms with Crippen molar-refractivity contribution >= 4 is 5.78 Å². The summed E-state index contributed by atoms with van der Waals surface area (Å²) < 4.78 is 5.92. The Morgan fingerprint density at radius 2 is 1.33 bits per heavy atom. The number of Topliss-reactive ketones (excluding diaryl/α,β-unsaturated/α-hetero) is 1. The van der Waals surface area contributed by atoms with Crippen molar-refractivity contribution in [1.82, 2.24) is 0 Å². The predicted octanol–water partition coefficient (Wildman–Crippen LogP) is 9.13. The summed E-state index contributed by atoms with van der Waals surface area (Å²) in [5, 5.41) is 0. The molecule has 0 bridgehead atoms. The summed E-state index contributed by atoms with van der Waals surface area (Å²) >= 11 is 0. The largest absolute Gasteiger partial charge is 0.494 e. The van der Waals surface area contributed by atoms with Gasteiger partial charge in [0.1, 0.15) is 11.5 Å². The average Bonchev–Trinajstić information content (AvgIpc) is 2.84. The van der Waals surface area contributed by atoms with Crippen LogP contribution in [0.15, 0.2) is 48.5 Å².